The molecular formula is C23H21ClN2O3. The summed E-state index contributed by atoms with van der Waals surface area (Å²) in [7, 11) is 3.29. The highest BCUT2D eigenvalue weighted by Gasteiger charge is 2.11. The van der Waals surface area contributed by atoms with Crippen LogP contribution < -0.4 is 14.2 Å². The first-order chi connectivity index (χ1) is 14.2. The lowest BCUT2D eigenvalue weighted by molar-refractivity contribution is 0.284. The summed E-state index contributed by atoms with van der Waals surface area (Å²) in [6.45, 7) is 0.445. The predicted molar refractivity (Wildman–Crippen MR) is 114 cm³/mol. The maximum Gasteiger partial charge on any atom is 0.161 e. The SMILES string of the molecule is COc1cnc2[nH]cc(Cc3ccc(OCc4ccc(Cl)cc4)c(OC)c3)c2c1. The van der Waals surface area contributed by atoms with Crippen LogP contribution in [0.4, 0.5) is 0 Å². The number of halogens is 1. The first-order valence-electron chi connectivity index (χ1n) is 9.20. The zero-order chi connectivity index (χ0) is 20.2. The predicted octanol–water partition coefficient (Wildman–Crippen LogP) is 5.40. The van der Waals surface area contributed by atoms with Gasteiger partial charge < -0.3 is 19.2 Å². The van der Waals surface area contributed by atoms with Crippen LogP contribution >= 0.6 is 11.6 Å². The minimum absolute atomic E-state index is 0.445. The molecule has 0 aliphatic carbocycles. The van der Waals surface area contributed by atoms with Crippen molar-refractivity contribution in [3.63, 3.8) is 0 Å². The lowest BCUT2D eigenvalue weighted by Crippen LogP contribution is -1.98. The fourth-order valence-corrected chi connectivity index (χ4v) is 3.33. The van der Waals surface area contributed by atoms with Gasteiger partial charge in [0.25, 0.3) is 0 Å². The highest BCUT2D eigenvalue weighted by atomic mass is 35.5. The molecule has 0 aliphatic rings. The van der Waals surface area contributed by atoms with Crippen molar-refractivity contribution in [2.24, 2.45) is 0 Å². The van der Waals surface area contributed by atoms with Gasteiger partial charge in [-0.25, -0.2) is 4.98 Å². The van der Waals surface area contributed by atoms with Gasteiger partial charge in [-0.3, -0.25) is 0 Å². The molecule has 0 saturated heterocycles. The summed E-state index contributed by atoms with van der Waals surface area (Å²) >= 11 is 5.93. The molecule has 29 heavy (non-hydrogen) atoms. The second kappa shape index (κ2) is 8.45. The van der Waals surface area contributed by atoms with Crippen LogP contribution in [0.2, 0.25) is 5.02 Å². The number of fused-ring (bicyclic) bond motifs is 1. The second-order valence-electron chi connectivity index (χ2n) is 6.66. The fourth-order valence-electron chi connectivity index (χ4n) is 3.20. The van der Waals surface area contributed by atoms with E-state index in [0.29, 0.717) is 23.1 Å². The Bertz CT molecular complexity index is 1120. The van der Waals surface area contributed by atoms with Crippen LogP contribution in [0, 0.1) is 0 Å². The van der Waals surface area contributed by atoms with Gasteiger partial charge >= 0.3 is 0 Å². The zero-order valence-electron chi connectivity index (χ0n) is 16.2. The van der Waals surface area contributed by atoms with Crippen LogP contribution in [-0.2, 0) is 13.0 Å². The number of ether oxygens (including phenoxy) is 3. The van der Waals surface area contributed by atoms with E-state index in [0.717, 1.165) is 39.9 Å². The maximum absolute atomic E-state index is 5.94. The van der Waals surface area contributed by atoms with Gasteiger partial charge in [0.1, 0.15) is 18.0 Å². The average Bonchev–Trinajstić information content (AvgIpc) is 3.15. The maximum atomic E-state index is 5.94. The molecular weight excluding hydrogens is 388 g/mol. The minimum atomic E-state index is 0.445. The van der Waals surface area contributed by atoms with Crippen molar-refractivity contribution in [1.82, 2.24) is 9.97 Å². The molecule has 6 heteroatoms. The van der Waals surface area contributed by atoms with Gasteiger partial charge in [-0.15, -0.1) is 0 Å². The van der Waals surface area contributed by atoms with Gasteiger partial charge in [0.05, 0.1) is 20.4 Å². The van der Waals surface area contributed by atoms with Crippen LogP contribution in [0.25, 0.3) is 11.0 Å². The van der Waals surface area contributed by atoms with Crippen LogP contribution in [0.5, 0.6) is 17.2 Å². The number of hydrogen-bond acceptors (Lipinski definition) is 4. The Kier molecular flexibility index (Phi) is 5.58. The highest BCUT2D eigenvalue weighted by Crippen LogP contribution is 2.31. The van der Waals surface area contributed by atoms with Crippen molar-refractivity contribution in [2.75, 3.05) is 14.2 Å². The number of pyridine rings is 1. The Labute approximate surface area is 174 Å². The van der Waals surface area contributed by atoms with Gasteiger partial charge in [0.2, 0.25) is 0 Å². The molecule has 2 heterocycles. The molecule has 0 spiro atoms. The fraction of sp³-hybridized carbons (Fsp3) is 0.174. The van der Waals surface area contributed by atoms with E-state index in [1.54, 1.807) is 20.4 Å². The van der Waals surface area contributed by atoms with E-state index < -0.39 is 0 Å². The van der Waals surface area contributed by atoms with Crippen molar-refractivity contribution >= 4 is 22.6 Å². The molecule has 0 saturated carbocycles. The molecule has 4 aromatic rings. The summed E-state index contributed by atoms with van der Waals surface area (Å²) in [6, 6.07) is 15.6. The molecule has 0 aliphatic heterocycles. The number of aromatic amines is 1. The van der Waals surface area contributed by atoms with E-state index >= 15 is 0 Å². The number of rotatable bonds is 7. The second-order valence-corrected chi connectivity index (χ2v) is 7.10. The summed E-state index contributed by atoms with van der Waals surface area (Å²) in [5.41, 5.74) is 4.14. The van der Waals surface area contributed by atoms with Crippen molar-refractivity contribution in [1.29, 1.82) is 0 Å². The Balaban J connectivity index is 1.52. The number of nitrogens with one attached hydrogen (secondary N) is 1. The van der Waals surface area contributed by atoms with Crippen LogP contribution in [0.15, 0.2) is 60.9 Å². The Morgan fingerprint density at radius 1 is 0.931 bits per heavy atom. The Hall–Kier alpha value is -3.18. The van der Waals surface area contributed by atoms with Crippen LogP contribution in [-0.4, -0.2) is 24.2 Å². The quantitative estimate of drug-likeness (QED) is 0.444. The largest absolute Gasteiger partial charge is 0.495 e. The first-order valence-corrected chi connectivity index (χ1v) is 9.58. The number of H-pyrrole nitrogens is 1. The first kappa shape index (κ1) is 19.2. The monoisotopic (exact) mass is 408 g/mol. The third-order valence-corrected chi connectivity index (χ3v) is 5.01. The number of aromatic nitrogens is 2. The zero-order valence-corrected chi connectivity index (χ0v) is 17.0. The van der Waals surface area contributed by atoms with E-state index in [1.165, 1.54) is 0 Å². The van der Waals surface area contributed by atoms with E-state index in [-0.39, 0.29) is 0 Å². The normalized spacial score (nSPS) is 10.9. The molecule has 5 nitrogen and oxygen atoms in total. The summed E-state index contributed by atoms with van der Waals surface area (Å²) in [6.07, 6.45) is 4.43. The molecule has 0 radical (unpaired) electrons. The summed E-state index contributed by atoms with van der Waals surface area (Å²) in [5.74, 6) is 2.14. The lowest BCUT2D eigenvalue weighted by atomic mass is 10.0. The minimum Gasteiger partial charge on any atom is -0.495 e. The van der Waals surface area contributed by atoms with Gasteiger partial charge in [0, 0.05) is 16.6 Å². The summed E-state index contributed by atoms with van der Waals surface area (Å²) in [5, 5.41) is 1.76. The van der Waals surface area contributed by atoms with Crippen molar-refractivity contribution < 1.29 is 14.2 Å². The topological polar surface area (TPSA) is 56.4 Å². The summed E-state index contributed by atoms with van der Waals surface area (Å²) < 4.78 is 16.8. The van der Waals surface area contributed by atoms with Gasteiger partial charge in [-0.05, 0) is 53.4 Å². The molecule has 1 N–H and O–H groups in total. The van der Waals surface area contributed by atoms with Gasteiger partial charge in [-0.2, -0.15) is 0 Å². The standard InChI is InChI=1S/C23H21ClN2O3/c1-27-19-11-20-17(12-25-23(20)26-13-19)9-16-5-8-21(22(10-16)28-2)29-14-15-3-6-18(24)7-4-15/h3-8,10-13H,9,14H2,1-2H3,(H,25,26). The molecule has 0 amide bonds. The number of hydrogen-bond donors (Lipinski definition) is 1. The van der Waals surface area contributed by atoms with Crippen molar-refractivity contribution in [3.8, 4) is 17.2 Å². The number of nitrogens with zero attached hydrogens (tertiary/aromatic N) is 1. The highest BCUT2D eigenvalue weighted by molar-refractivity contribution is 6.30. The molecule has 0 unspecified atom stereocenters. The molecule has 2 aromatic carbocycles. The number of methoxy groups -OCH3 is 2. The van der Waals surface area contributed by atoms with Crippen molar-refractivity contribution in [3.05, 3.63) is 82.6 Å². The third kappa shape index (κ3) is 4.30. The summed E-state index contributed by atoms with van der Waals surface area (Å²) in [4.78, 5) is 7.60. The van der Waals surface area contributed by atoms with Gasteiger partial charge in [-0.1, -0.05) is 29.8 Å². The molecule has 2 aromatic heterocycles. The van der Waals surface area contributed by atoms with Crippen LogP contribution in [0.1, 0.15) is 16.7 Å². The smallest absolute Gasteiger partial charge is 0.161 e. The van der Waals surface area contributed by atoms with E-state index in [2.05, 4.69) is 9.97 Å². The van der Waals surface area contributed by atoms with Gasteiger partial charge in [0.15, 0.2) is 11.5 Å². The number of benzene rings is 2. The molecule has 4 rings (SSSR count). The lowest BCUT2D eigenvalue weighted by Gasteiger charge is -2.12. The molecule has 148 valence electrons. The Morgan fingerprint density at radius 2 is 1.72 bits per heavy atom. The van der Waals surface area contributed by atoms with Crippen LogP contribution in [0.3, 0.4) is 0 Å². The third-order valence-electron chi connectivity index (χ3n) is 4.76. The van der Waals surface area contributed by atoms with Crippen molar-refractivity contribution in [2.45, 2.75) is 13.0 Å². The molecule has 0 atom stereocenters. The average molecular weight is 409 g/mol. The molecule has 0 bridgehead atoms. The van der Waals surface area contributed by atoms with E-state index in [4.69, 9.17) is 25.8 Å². The Morgan fingerprint density at radius 3 is 2.48 bits per heavy atom. The molecule has 0 fully saturated rings. The van der Waals surface area contributed by atoms with E-state index in [1.807, 2.05) is 54.7 Å². The van der Waals surface area contributed by atoms with E-state index in [9.17, 15) is 0 Å².